The molecule has 5 unspecified atom stereocenters. The molecule has 82 heavy (non-hydrogen) atoms. The molecule has 5 atom stereocenters. The number of amides is 2. The Morgan fingerprint density at radius 2 is 0.951 bits per heavy atom. The molecule has 14 heteroatoms. The SMILES string of the molecule is CCNCCCCNCC1CC1CNCCCCN(CC)C(=O)CCC1=C(C)C2=NC1/C=c1\[nH]/c(c(C)c1CCC(=O)N(CC)CCCCNCC1CC1CNCCCCNCC)=C\c1[nH]c(c(C)c1CC)/C=c1\[nH]/c(c(C)c1CC)=C\2. The van der Waals surface area contributed by atoms with Gasteiger partial charge >= 0.3 is 0 Å². The molecular formula is C68H112N12O2. The second-order valence-electron chi connectivity index (χ2n) is 24.4. The Labute approximate surface area is 494 Å². The molecule has 3 aromatic heterocycles. The predicted octanol–water partition coefficient (Wildman–Crippen LogP) is 6.47. The molecule has 2 saturated carbocycles. The Morgan fingerprint density at radius 3 is 1.45 bits per heavy atom. The van der Waals surface area contributed by atoms with Crippen molar-refractivity contribution >= 4 is 41.8 Å². The van der Waals surface area contributed by atoms with Crippen LogP contribution in [-0.4, -0.2) is 153 Å². The zero-order valence-electron chi connectivity index (χ0n) is 53.0. The van der Waals surface area contributed by atoms with Gasteiger partial charge in [0.2, 0.25) is 11.8 Å². The molecule has 0 aromatic carbocycles. The van der Waals surface area contributed by atoms with Crippen LogP contribution in [0.5, 0.6) is 0 Å². The third-order valence-corrected chi connectivity index (χ3v) is 18.7. The van der Waals surface area contributed by atoms with Gasteiger partial charge in [0.05, 0.1) is 11.8 Å². The molecular weight excluding hydrogens is 1020 g/mol. The topological polar surface area (TPSA) is 173 Å². The number of H-pyrrole nitrogens is 3. The van der Waals surface area contributed by atoms with E-state index in [9.17, 15) is 9.59 Å². The van der Waals surface area contributed by atoms with Gasteiger partial charge in [-0.1, -0.05) is 27.7 Å². The van der Waals surface area contributed by atoms with Crippen molar-refractivity contribution in [3.8, 4) is 0 Å². The first kappa shape index (κ1) is 65.0. The van der Waals surface area contributed by atoms with Crippen LogP contribution in [0.4, 0.5) is 0 Å². The molecule has 2 fully saturated rings. The Balaban J connectivity index is 1.00. The number of carbonyl (C=O) groups excluding carboxylic acids is 2. The Morgan fingerprint density at radius 1 is 0.500 bits per heavy atom. The summed E-state index contributed by atoms with van der Waals surface area (Å²) >= 11 is 0. The number of hydrogen-bond donors (Lipinski definition) is 9. The number of unbranched alkanes of at least 4 members (excludes halogenated alkanes) is 4. The summed E-state index contributed by atoms with van der Waals surface area (Å²) in [5.74, 6) is 3.63. The molecule has 456 valence electrons. The summed E-state index contributed by atoms with van der Waals surface area (Å²) < 4.78 is 0. The second-order valence-corrected chi connectivity index (χ2v) is 24.4. The Hall–Kier alpha value is -4.57. The maximum Gasteiger partial charge on any atom is 0.222 e. The molecule has 9 N–H and O–H groups in total. The number of nitrogens with zero attached hydrogens (tertiary/aromatic N) is 3. The quantitative estimate of drug-likeness (QED) is 0.0292. The van der Waals surface area contributed by atoms with Gasteiger partial charge in [-0.2, -0.15) is 0 Å². The van der Waals surface area contributed by atoms with Crippen molar-refractivity contribution in [2.24, 2.45) is 28.7 Å². The fourth-order valence-electron chi connectivity index (χ4n) is 12.9. The highest BCUT2D eigenvalue weighted by Gasteiger charge is 2.36. The van der Waals surface area contributed by atoms with Gasteiger partial charge in [-0.15, -0.1) is 0 Å². The summed E-state index contributed by atoms with van der Waals surface area (Å²) in [5, 5.41) is 25.9. The van der Waals surface area contributed by atoms with E-state index in [1.807, 2.05) is 0 Å². The average molecular weight is 1130 g/mol. The number of nitrogens with one attached hydrogen (secondary N) is 9. The predicted molar refractivity (Wildman–Crippen MR) is 345 cm³/mol. The highest BCUT2D eigenvalue weighted by molar-refractivity contribution is 6.22. The van der Waals surface area contributed by atoms with Crippen LogP contribution in [-0.2, 0) is 28.9 Å². The molecule has 2 aliphatic heterocycles. The monoisotopic (exact) mass is 1130 g/mol. The summed E-state index contributed by atoms with van der Waals surface area (Å²) in [7, 11) is 0. The summed E-state index contributed by atoms with van der Waals surface area (Å²) in [4.78, 5) is 49.5. The molecule has 5 heterocycles. The van der Waals surface area contributed by atoms with Crippen LogP contribution in [0.3, 0.4) is 0 Å². The van der Waals surface area contributed by atoms with Crippen molar-refractivity contribution < 1.29 is 9.59 Å². The van der Waals surface area contributed by atoms with Crippen LogP contribution in [0.25, 0.3) is 24.3 Å². The zero-order valence-corrected chi connectivity index (χ0v) is 53.0. The molecule has 7 rings (SSSR count). The lowest BCUT2D eigenvalue weighted by Crippen LogP contribution is -2.33. The van der Waals surface area contributed by atoms with Crippen molar-refractivity contribution in [1.82, 2.24) is 56.7 Å². The summed E-state index contributed by atoms with van der Waals surface area (Å²) in [6.45, 7) is 38.0. The summed E-state index contributed by atoms with van der Waals surface area (Å²) in [5.41, 5.74) is 13.0. The summed E-state index contributed by atoms with van der Waals surface area (Å²) in [6.07, 6.45) is 24.8. The van der Waals surface area contributed by atoms with Crippen LogP contribution in [0.2, 0.25) is 0 Å². The smallest absolute Gasteiger partial charge is 0.222 e. The maximum atomic E-state index is 14.2. The van der Waals surface area contributed by atoms with Gasteiger partial charge in [0.15, 0.2) is 0 Å². The van der Waals surface area contributed by atoms with E-state index in [4.69, 9.17) is 4.99 Å². The zero-order chi connectivity index (χ0) is 58.4. The standard InChI is InChI=1S/C68H112N12O2/c1-11-55-47(7)59-39-60-49(9)57(25-27-67(81)79(15-5)35-23-21-33-73-45-53-37-51(53)43-71-31-19-17-29-69-13-3)65(77-60)42-66-58(50(10)62(78-66)41-64-56(12-2)48(8)61(76-64)40-63(55)75-59)26-28-68(82)80(16-6)36-24-22-34-74-46-54-38-52(54)44-72-32-20-18-30-70-14-4/h39-42,51-54,65,69-76,78H,11-38,43-46H2,1-10H3/b59-39-,62-41-,63-40-,66-42-. The molecule has 0 spiro atoms. The number of fused-ring (bicyclic) bond motifs is 7. The molecule has 3 aromatic rings. The fraction of sp³-hybridized carbons (Fsp3) is 0.691. The van der Waals surface area contributed by atoms with Crippen molar-refractivity contribution in [2.45, 2.75) is 178 Å². The minimum Gasteiger partial charge on any atom is -0.355 e. The number of carbonyl (C=O) groups is 2. The van der Waals surface area contributed by atoms with Gasteiger partial charge < -0.3 is 56.7 Å². The van der Waals surface area contributed by atoms with E-state index in [0.717, 1.165) is 209 Å². The van der Waals surface area contributed by atoms with Crippen LogP contribution < -0.4 is 53.3 Å². The molecule has 0 radical (unpaired) electrons. The molecule has 2 amide bonds. The Bertz CT molecular complexity index is 2810. The van der Waals surface area contributed by atoms with Gasteiger partial charge in [0.1, 0.15) is 0 Å². The number of aromatic amines is 3. The van der Waals surface area contributed by atoms with Gasteiger partial charge in [0, 0.05) is 71.8 Å². The summed E-state index contributed by atoms with van der Waals surface area (Å²) in [6, 6.07) is -0.257. The van der Waals surface area contributed by atoms with Crippen LogP contribution >= 0.6 is 0 Å². The normalized spacial score (nSPS) is 20.6. The number of allylic oxidation sites excluding steroid dienone is 1. The van der Waals surface area contributed by atoms with Crippen molar-refractivity contribution in [3.05, 3.63) is 77.3 Å². The van der Waals surface area contributed by atoms with E-state index in [-0.39, 0.29) is 17.9 Å². The first-order valence-corrected chi connectivity index (χ1v) is 33.0. The van der Waals surface area contributed by atoms with Crippen molar-refractivity contribution in [3.63, 3.8) is 0 Å². The van der Waals surface area contributed by atoms with E-state index in [1.54, 1.807) is 0 Å². The third-order valence-electron chi connectivity index (χ3n) is 18.7. The van der Waals surface area contributed by atoms with Crippen LogP contribution in [0, 0.1) is 44.4 Å². The van der Waals surface area contributed by atoms with Gasteiger partial charge in [-0.25, -0.2) is 0 Å². The number of rotatable bonds is 40. The number of hydrogen-bond acceptors (Lipinski definition) is 9. The first-order valence-electron chi connectivity index (χ1n) is 33.0. The highest BCUT2D eigenvalue weighted by atomic mass is 16.2. The third kappa shape index (κ3) is 18.7. The number of aliphatic imine (C=N–C) groups is 1. The Kier molecular flexibility index (Phi) is 26.8. The average Bonchev–Trinajstić information content (AvgIpc) is 4.39. The van der Waals surface area contributed by atoms with Crippen molar-refractivity contribution in [1.29, 1.82) is 0 Å². The molecule has 2 aliphatic carbocycles. The van der Waals surface area contributed by atoms with E-state index in [0.29, 0.717) is 38.8 Å². The van der Waals surface area contributed by atoms with E-state index in [1.165, 1.54) is 66.4 Å². The minimum atomic E-state index is -0.257. The van der Waals surface area contributed by atoms with Crippen LogP contribution in [0.15, 0.2) is 16.1 Å². The second kappa shape index (κ2) is 33.8. The van der Waals surface area contributed by atoms with E-state index < -0.39 is 0 Å². The molecule has 0 saturated heterocycles. The maximum absolute atomic E-state index is 14.2. The van der Waals surface area contributed by atoms with E-state index in [2.05, 4.69) is 150 Å². The lowest BCUT2D eigenvalue weighted by Gasteiger charge is -2.22. The lowest BCUT2D eigenvalue weighted by molar-refractivity contribution is -0.131. The number of aromatic nitrogens is 3. The van der Waals surface area contributed by atoms with Gasteiger partial charge in [0.25, 0.3) is 0 Å². The lowest BCUT2D eigenvalue weighted by atomic mass is 9.96. The molecule has 4 aliphatic rings. The van der Waals surface area contributed by atoms with Crippen molar-refractivity contribution in [2.75, 3.05) is 105 Å². The van der Waals surface area contributed by atoms with Gasteiger partial charge in [-0.3, -0.25) is 14.6 Å². The van der Waals surface area contributed by atoms with Gasteiger partial charge in [-0.05, 0) is 302 Å². The highest BCUT2D eigenvalue weighted by Crippen LogP contribution is 2.38. The van der Waals surface area contributed by atoms with E-state index >= 15 is 0 Å². The fourth-order valence-corrected chi connectivity index (χ4v) is 12.9. The first-order chi connectivity index (χ1) is 39.9. The van der Waals surface area contributed by atoms with Crippen LogP contribution in [0.1, 0.15) is 177 Å². The minimum absolute atomic E-state index is 0.209. The largest absolute Gasteiger partial charge is 0.355 e. The molecule has 14 nitrogen and oxygen atoms in total. The molecule has 8 bridgehead atoms.